The van der Waals surface area contributed by atoms with Crippen LogP contribution in [0.2, 0.25) is 5.02 Å². The highest BCUT2D eigenvalue weighted by Crippen LogP contribution is 2.57. The van der Waals surface area contributed by atoms with Gasteiger partial charge < -0.3 is 20.3 Å². The first-order valence-corrected chi connectivity index (χ1v) is 6.57. The molecule has 1 aromatic carbocycles. The minimum Gasteiger partial charge on any atom is -0.506 e. The van der Waals surface area contributed by atoms with Gasteiger partial charge in [0.15, 0.2) is 11.5 Å². The number of ether oxygens (including phenoxy) is 2. The van der Waals surface area contributed by atoms with Crippen LogP contribution in [0, 0.1) is 0 Å². The fraction of sp³-hybridized carbons (Fsp3) is 0.538. The average Bonchev–Trinajstić information content (AvgIpc) is 3.15. The Morgan fingerprint density at radius 1 is 1.33 bits per heavy atom. The maximum absolute atomic E-state index is 10.2. The van der Waals surface area contributed by atoms with E-state index in [2.05, 4.69) is 0 Å². The van der Waals surface area contributed by atoms with E-state index in [-0.39, 0.29) is 11.2 Å². The van der Waals surface area contributed by atoms with E-state index in [4.69, 9.17) is 26.8 Å². The van der Waals surface area contributed by atoms with Crippen LogP contribution in [0.25, 0.3) is 0 Å². The van der Waals surface area contributed by atoms with Crippen molar-refractivity contribution in [3.63, 3.8) is 0 Å². The molecule has 0 saturated heterocycles. The molecule has 1 heterocycles. The van der Waals surface area contributed by atoms with Crippen molar-refractivity contribution in [2.24, 2.45) is 5.73 Å². The van der Waals surface area contributed by atoms with Crippen LogP contribution in [0.3, 0.4) is 0 Å². The molecule has 1 fully saturated rings. The number of benzene rings is 1. The van der Waals surface area contributed by atoms with Gasteiger partial charge in [0.2, 0.25) is 0 Å². The number of nitrogens with two attached hydrogens (primary N) is 1. The van der Waals surface area contributed by atoms with Crippen molar-refractivity contribution in [3.05, 3.63) is 16.7 Å². The second-order valence-electron chi connectivity index (χ2n) is 4.94. The molecule has 2 aliphatic rings. The second kappa shape index (κ2) is 4.21. The molecule has 4 nitrogen and oxygen atoms in total. The summed E-state index contributed by atoms with van der Waals surface area (Å²) in [6, 6.07) is 1.62. The van der Waals surface area contributed by atoms with Gasteiger partial charge in [0, 0.05) is 30.0 Å². The van der Waals surface area contributed by atoms with E-state index >= 15 is 0 Å². The number of aromatic hydroxyl groups is 1. The van der Waals surface area contributed by atoms with Crippen LogP contribution in [0.5, 0.6) is 17.2 Å². The highest BCUT2D eigenvalue weighted by molar-refractivity contribution is 6.32. The predicted octanol–water partition coefficient (Wildman–Crippen LogP) is 2.20. The SMILES string of the molecule is NCC1(c2c(O)c(Cl)cc3c2OCCCO3)CC1. The van der Waals surface area contributed by atoms with Crippen molar-refractivity contribution in [2.75, 3.05) is 19.8 Å². The van der Waals surface area contributed by atoms with E-state index < -0.39 is 0 Å². The zero-order valence-corrected chi connectivity index (χ0v) is 10.8. The molecule has 1 aromatic rings. The van der Waals surface area contributed by atoms with E-state index in [9.17, 15) is 5.11 Å². The van der Waals surface area contributed by atoms with Gasteiger partial charge in [0.05, 0.1) is 18.2 Å². The molecule has 5 heteroatoms. The van der Waals surface area contributed by atoms with E-state index in [1.807, 2.05) is 0 Å². The van der Waals surface area contributed by atoms with Gasteiger partial charge in [-0.3, -0.25) is 0 Å². The molecule has 18 heavy (non-hydrogen) atoms. The molecule has 3 N–H and O–H groups in total. The lowest BCUT2D eigenvalue weighted by Gasteiger charge is -2.21. The quantitative estimate of drug-likeness (QED) is 0.864. The van der Waals surface area contributed by atoms with Crippen LogP contribution in [0.4, 0.5) is 0 Å². The summed E-state index contributed by atoms with van der Waals surface area (Å²) in [5.41, 5.74) is 6.38. The molecule has 0 spiro atoms. The lowest BCUT2D eigenvalue weighted by atomic mass is 9.93. The maximum atomic E-state index is 10.2. The van der Waals surface area contributed by atoms with Gasteiger partial charge in [0.25, 0.3) is 0 Å². The molecular formula is C13H16ClNO3. The van der Waals surface area contributed by atoms with E-state index in [1.165, 1.54) is 0 Å². The molecule has 3 rings (SSSR count). The predicted molar refractivity (Wildman–Crippen MR) is 68.7 cm³/mol. The summed E-state index contributed by atoms with van der Waals surface area (Å²) in [6.45, 7) is 1.67. The normalized spacial score (nSPS) is 20.3. The highest BCUT2D eigenvalue weighted by atomic mass is 35.5. The van der Waals surface area contributed by atoms with Crippen molar-refractivity contribution in [2.45, 2.75) is 24.7 Å². The van der Waals surface area contributed by atoms with Gasteiger partial charge in [-0.2, -0.15) is 0 Å². The number of phenolic OH excluding ortho intramolecular Hbond substituents is 1. The van der Waals surface area contributed by atoms with Crippen LogP contribution in [0.15, 0.2) is 6.07 Å². The highest BCUT2D eigenvalue weighted by Gasteiger charge is 2.48. The molecule has 0 atom stereocenters. The molecule has 0 radical (unpaired) electrons. The van der Waals surface area contributed by atoms with Gasteiger partial charge in [0.1, 0.15) is 5.75 Å². The van der Waals surface area contributed by atoms with Crippen molar-refractivity contribution in [1.29, 1.82) is 0 Å². The van der Waals surface area contributed by atoms with Crippen molar-refractivity contribution < 1.29 is 14.6 Å². The van der Waals surface area contributed by atoms with Crippen LogP contribution >= 0.6 is 11.6 Å². The van der Waals surface area contributed by atoms with Crippen LogP contribution in [0.1, 0.15) is 24.8 Å². The number of halogens is 1. The van der Waals surface area contributed by atoms with Crippen LogP contribution < -0.4 is 15.2 Å². The third-order valence-corrected chi connectivity index (χ3v) is 4.03. The van der Waals surface area contributed by atoms with Crippen LogP contribution in [-0.4, -0.2) is 24.9 Å². The summed E-state index contributed by atoms with van der Waals surface area (Å²) in [4.78, 5) is 0. The Bertz CT molecular complexity index is 486. The second-order valence-corrected chi connectivity index (χ2v) is 5.35. The Hall–Kier alpha value is -1.13. The zero-order chi connectivity index (χ0) is 12.8. The first-order valence-electron chi connectivity index (χ1n) is 6.19. The Balaban J connectivity index is 2.19. The smallest absolute Gasteiger partial charge is 0.168 e. The lowest BCUT2D eigenvalue weighted by molar-refractivity contribution is 0.295. The fourth-order valence-electron chi connectivity index (χ4n) is 2.46. The Kier molecular flexibility index (Phi) is 2.79. The topological polar surface area (TPSA) is 64.7 Å². The maximum Gasteiger partial charge on any atom is 0.168 e. The van der Waals surface area contributed by atoms with Crippen molar-refractivity contribution in [1.82, 2.24) is 0 Å². The minimum absolute atomic E-state index is 0.0869. The monoisotopic (exact) mass is 269 g/mol. The average molecular weight is 270 g/mol. The molecule has 0 unspecified atom stereocenters. The third-order valence-electron chi connectivity index (χ3n) is 3.74. The molecule has 1 aliphatic heterocycles. The van der Waals surface area contributed by atoms with Gasteiger partial charge in [-0.05, 0) is 12.8 Å². The molecule has 0 amide bonds. The van der Waals surface area contributed by atoms with E-state index in [0.717, 1.165) is 24.8 Å². The summed E-state index contributed by atoms with van der Waals surface area (Å²) in [7, 11) is 0. The zero-order valence-electron chi connectivity index (χ0n) is 10.0. The number of rotatable bonds is 2. The van der Waals surface area contributed by atoms with Gasteiger partial charge in [-0.25, -0.2) is 0 Å². The fourth-order valence-corrected chi connectivity index (χ4v) is 2.66. The molecule has 0 bridgehead atoms. The third kappa shape index (κ3) is 1.71. The first kappa shape index (κ1) is 11.9. The Morgan fingerprint density at radius 3 is 2.72 bits per heavy atom. The summed E-state index contributed by atoms with van der Waals surface area (Å²) >= 11 is 6.07. The molecule has 1 saturated carbocycles. The lowest BCUT2D eigenvalue weighted by Crippen LogP contribution is -2.21. The van der Waals surface area contributed by atoms with Gasteiger partial charge >= 0.3 is 0 Å². The van der Waals surface area contributed by atoms with Crippen molar-refractivity contribution >= 4 is 11.6 Å². The van der Waals surface area contributed by atoms with E-state index in [1.54, 1.807) is 6.07 Å². The first-order chi connectivity index (χ1) is 8.68. The number of phenols is 1. The molecular weight excluding hydrogens is 254 g/mol. The van der Waals surface area contributed by atoms with Gasteiger partial charge in [-0.15, -0.1) is 0 Å². The number of fused-ring (bicyclic) bond motifs is 1. The standard InChI is InChI=1S/C13H16ClNO3/c14-8-6-9-12(18-5-1-4-17-9)10(11(8)16)13(7-15)2-3-13/h6,16H,1-5,7,15H2. The minimum atomic E-state index is -0.188. The molecule has 1 aliphatic carbocycles. The Morgan fingerprint density at radius 2 is 2.06 bits per heavy atom. The molecule has 98 valence electrons. The van der Waals surface area contributed by atoms with E-state index in [0.29, 0.717) is 36.3 Å². The Labute approximate surface area is 111 Å². The largest absolute Gasteiger partial charge is 0.506 e. The summed E-state index contributed by atoms with van der Waals surface area (Å²) < 4.78 is 11.4. The van der Waals surface area contributed by atoms with Crippen molar-refractivity contribution in [3.8, 4) is 17.2 Å². The molecule has 0 aromatic heterocycles. The summed E-state index contributed by atoms with van der Waals surface area (Å²) in [6.07, 6.45) is 2.72. The summed E-state index contributed by atoms with van der Waals surface area (Å²) in [5.74, 6) is 1.33. The van der Waals surface area contributed by atoms with Crippen LogP contribution in [-0.2, 0) is 5.41 Å². The van der Waals surface area contributed by atoms with Gasteiger partial charge in [-0.1, -0.05) is 11.6 Å². The number of hydrogen-bond acceptors (Lipinski definition) is 4. The number of hydrogen-bond donors (Lipinski definition) is 2. The summed E-state index contributed by atoms with van der Waals surface area (Å²) in [5, 5.41) is 10.5.